The fraction of sp³-hybridized carbons (Fsp3) is 0.333. The Balaban J connectivity index is 2.12. The summed E-state index contributed by atoms with van der Waals surface area (Å²) in [4.78, 5) is 41.9. The van der Waals surface area contributed by atoms with Gasteiger partial charge in [-0.2, -0.15) is 0 Å². The van der Waals surface area contributed by atoms with Crippen molar-refractivity contribution in [1.82, 2.24) is 9.88 Å². The number of carbonyl (C=O) groups excluding carboxylic acids is 3. The quantitative estimate of drug-likeness (QED) is 0.433. The van der Waals surface area contributed by atoms with Crippen LogP contribution in [0.5, 0.6) is 0 Å². The molecule has 1 aliphatic heterocycles. The molecule has 1 atom stereocenters. The van der Waals surface area contributed by atoms with Crippen LogP contribution in [0.1, 0.15) is 36.5 Å². The Bertz CT molecular complexity index is 860. The first kappa shape index (κ1) is 21.9. The molecule has 1 aromatic heterocycles. The molecular formula is C21H26N4O4. The fourth-order valence-electron chi connectivity index (χ4n) is 3.10. The van der Waals surface area contributed by atoms with Crippen LogP contribution in [-0.4, -0.2) is 47.3 Å². The number of anilines is 1. The molecule has 3 amide bonds. The van der Waals surface area contributed by atoms with E-state index in [1.54, 1.807) is 19.3 Å². The van der Waals surface area contributed by atoms with Gasteiger partial charge in [0.1, 0.15) is 5.76 Å². The van der Waals surface area contributed by atoms with Crippen LogP contribution in [0, 0.1) is 0 Å². The van der Waals surface area contributed by atoms with E-state index in [2.05, 4.69) is 16.9 Å². The zero-order valence-electron chi connectivity index (χ0n) is 16.7. The van der Waals surface area contributed by atoms with Crippen LogP contribution < -0.4 is 11.1 Å². The number of methoxy groups -OCH3 is 1. The Morgan fingerprint density at radius 1 is 1.31 bits per heavy atom. The van der Waals surface area contributed by atoms with E-state index in [0.29, 0.717) is 12.3 Å². The summed E-state index contributed by atoms with van der Waals surface area (Å²) in [7, 11) is 1.57. The Labute approximate surface area is 170 Å². The number of nitrogens with two attached hydrogens (primary N) is 1. The van der Waals surface area contributed by atoms with Crippen LogP contribution in [0.25, 0.3) is 0 Å². The molecule has 8 heteroatoms. The van der Waals surface area contributed by atoms with Gasteiger partial charge in [-0.25, -0.2) is 0 Å². The van der Waals surface area contributed by atoms with E-state index < -0.39 is 17.7 Å². The summed E-state index contributed by atoms with van der Waals surface area (Å²) in [6, 6.07) is 1.10. The molecular weight excluding hydrogens is 372 g/mol. The number of nitrogens with zero attached hydrogens (tertiary/aromatic N) is 2. The van der Waals surface area contributed by atoms with Crippen molar-refractivity contribution in [3.8, 4) is 0 Å². The minimum Gasteiger partial charge on any atom is -0.497 e. The number of allylic oxidation sites excluding steroid dienone is 2. The van der Waals surface area contributed by atoms with Crippen molar-refractivity contribution in [2.24, 2.45) is 5.73 Å². The van der Waals surface area contributed by atoms with Crippen molar-refractivity contribution in [3.63, 3.8) is 0 Å². The molecule has 154 valence electrons. The number of piperidine rings is 1. The first-order chi connectivity index (χ1) is 13.9. The highest BCUT2D eigenvalue weighted by molar-refractivity contribution is 6.39. The predicted molar refractivity (Wildman–Crippen MR) is 110 cm³/mol. The number of rotatable bonds is 6. The molecule has 0 bridgehead atoms. The van der Waals surface area contributed by atoms with Gasteiger partial charge in [0.25, 0.3) is 0 Å². The van der Waals surface area contributed by atoms with Crippen LogP contribution in [0.3, 0.4) is 0 Å². The van der Waals surface area contributed by atoms with E-state index in [1.807, 2.05) is 13.0 Å². The van der Waals surface area contributed by atoms with E-state index in [9.17, 15) is 14.4 Å². The van der Waals surface area contributed by atoms with E-state index in [-0.39, 0.29) is 17.3 Å². The maximum absolute atomic E-state index is 12.8. The summed E-state index contributed by atoms with van der Waals surface area (Å²) in [6.07, 6.45) is 10.5. The second-order valence-corrected chi connectivity index (χ2v) is 6.59. The summed E-state index contributed by atoms with van der Waals surface area (Å²) in [5.74, 6) is -1.45. The molecule has 2 heterocycles. The third-order valence-corrected chi connectivity index (χ3v) is 4.65. The molecule has 1 aliphatic rings. The van der Waals surface area contributed by atoms with Gasteiger partial charge < -0.3 is 20.7 Å². The number of hydrogen-bond acceptors (Lipinski definition) is 5. The largest absolute Gasteiger partial charge is 0.497 e. The minimum atomic E-state index is -0.803. The third-order valence-electron chi connectivity index (χ3n) is 4.65. The van der Waals surface area contributed by atoms with Gasteiger partial charge in [-0.05, 0) is 50.0 Å². The van der Waals surface area contributed by atoms with Crippen molar-refractivity contribution in [2.45, 2.75) is 32.2 Å². The molecule has 0 spiro atoms. The zero-order chi connectivity index (χ0) is 21.4. The number of pyridine rings is 1. The lowest BCUT2D eigenvalue weighted by atomic mass is 9.95. The van der Waals surface area contributed by atoms with Gasteiger partial charge in [0.2, 0.25) is 5.91 Å². The van der Waals surface area contributed by atoms with Gasteiger partial charge in [-0.1, -0.05) is 12.7 Å². The first-order valence-corrected chi connectivity index (χ1v) is 9.31. The molecule has 3 N–H and O–H groups in total. The molecule has 1 aromatic rings. The smallest absolute Gasteiger partial charge is 0.313 e. The fourth-order valence-corrected chi connectivity index (χ4v) is 3.10. The highest BCUT2D eigenvalue weighted by Gasteiger charge is 2.31. The molecule has 0 radical (unpaired) electrons. The van der Waals surface area contributed by atoms with Gasteiger partial charge in [0, 0.05) is 12.7 Å². The average Bonchev–Trinajstić information content (AvgIpc) is 2.73. The van der Waals surface area contributed by atoms with Crippen molar-refractivity contribution in [2.75, 3.05) is 19.0 Å². The SMILES string of the molecule is C=C(/C=C\C(=C/C)OC)[C@@H]1CCCCN1C(=O)C(=O)Nc1cncc(C(N)=O)c1. The van der Waals surface area contributed by atoms with Crippen LogP contribution in [0.15, 0.2) is 54.6 Å². The topological polar surface area (TPSA) is 115 Å². The molecule has 0 saturated carbocycles. The Morgan fingerprint density at radius 3 is 2.72 bits per heavy atom. The van der Waals surface area contributed by atoms with Gasteiger partial charge in [0.15, 0.2) is 0 Å². The lowest BCUT2D eigenvalue weighted by Crippen LogP contribution is -2.48. The molecule has 0 aromatic carbocycles. The van der Waals surface area contributed by atoms with Crippen LogP contribution in [0.4, 0.5) is 5.69 Å². The summed E-state index contributed by atoms with van der Waals surface area (Å²) < 4.78 is 5.19. The molecule has 0 unspecified atom stereocenters. The number of aromatic nitrogens is 1. The normalized spacial score (nSPS) is 17.1. The number of likely N-dealkylation sites (tertiary alicyclic amines) is 1. The first-order valence-electron chi connectivity index (χ1n) is 9.31. The summed E-state index contributed by atoms with van der Waals surface area (Å²) in [5.41, 5.74) is 6.31. The molecule has 1 saturated heterocycles. The maximum Gasteiger partial charge on any atom is 0.313 e. The molecule has 1 fully saturated rings. The second-order valence-electron chi connectivity index (χ2n) is 6.59. The maximum atomic E-state index is 12.8. The number of carbonyl (C=O) groups is 3. The minimum absolute atomic E-state index is 0.141. The summed E-state index contributed by atoms with van der Waals surface area (Å²) in [6.45, 7) is 6.39. The Morgan fingerprint density at radius 2 is 2.07 bits per heavy atom. The van der Waals surface area contributed by atoms with E-state index in [0.717, 1.165) is 24.8 Å². The van der Waals surface area contributed by atoms with Crippen molar-refractivity contribution >= 4 is 23.4 Å². The lowest BCUT2D eigenvalue weighted by molar-refractivity contribution is -0.145. The Kier molecular flexibility index (Phi) is 7.70. The molecule has 29 heavy (non-hydrogen) atoms. The van der Waals surface area contributed by atoms with Crippen LogP contribution in [0.2, 0.25) is 0 Å². The highest BCUT2D eigenvalue weighted by Crippen LogP contribution is 2.24. The zero-order valence-corrected chi connectivity index (χ0v) is 16.7. The molecule has 8 nitrogen and oxygen atoms in total. The van der Waals surface area contributed by atoms with Crippen LogP contribution in [-0.2, 0) is 14.3 Å². The van der Waals surface area contributed by atoms with Gasteiger partial charge in [-0.15, -0.1) is 0 Å². The number of ether oxygens (including phenoxy) is 1. The van der Waals surface area contributed by atoms with Gasteiger partial charge >= 0.3 is 11.8 Å². The predicted octanol–water partition coefficient (Wildman–Crippen LogP) is 2.16. The number of hydrogen-bond donors (Lipinski definition) is 2. The number of amides is 3. The average molecular weight is 398 g/mol. The Hall–Kier alpha value is -3.42. The lowest BCUT2D eigenvalue weighted by Gasteiger charge is -2.35. The number of primary amides is 1. The van der Waals surface area contributed by atoms with Crippen molar-refractivity contribution < 1.29 is 19.1 Å². The third kappa shape index (κ3) is 5.78. The van der Waals surface area contributed by atoms with Crippen molar-refractivity contribution in [3.05, 3.63) is 60.2 Å². The standard InChI is InChI=1S/C21H26N4O4/c1-4-17(29-3)9-8-14(2)18-7-5-6-10-25(18)21(28)20(27)24-16-11-15(19(22)26)12-23-13-16/h4,8-9,11-13,18H,2,5-7,10H2,1,3H3,(H2,22,26)(H,24,27)/b9-8-,17-4+/t18-/m0/s1. The molecule has 0 aliphatic carbocycles. The summed E-state index contributed by atoms with van der Waals surface area (Å²) >= 11 is 0. The van der Waals surface area contributed by atoms with E-state index in [1.165, 1.54) is 23.4 Å². The number of nitrogens with one attached hydrogen (secondary N) is 1. The molecule has 2 rings (SSSR count). The van der Waals surface area contributed by atoms with E-state index >= 15 is 0 Å². The second kappa shape index (κ2) is 10.2. The van der Waals surface area contributed by atoms with Crippen molar-refractivity contribution in [1.29, 1.82) is 0 Å². The van der Waals surface area contributed by atoms with Gasteiger partial charge in [0.05, 0.1) is 30.6 Å². The monoisotopic (exact) mass is 398 g/mol. The van der Waals surface area contributed by atoms with Gasteiger partial charge in [-0.3, -0.25) is 19.4 Å². The van der Waals surface area contributed by atoms with E-state index in [4.69, 9.17) is 10.5 Å². The highest BCUT2D eigenvalue weighted by atomic mass is 16.5. The summed E-state index contributed by atoms with van der Waals surface area (Å²) in [5, 5.41) is 2.49. The van der Waals surface area contributed by atoms with Crippen LogP contribution >= 0.6 is 0 Å².